The molecule has 0 saturated carbocycles. The minimum atomic E-state index is -0.155. The van der Waals surface area contributed by atoms with Crippen LogP contribution in [0.15, 0.2) is 12.2 Å². The summed E-state index contributed by atoms with van der Waals surface area (Å²) in [7, 11) is 0. The Morgan fingerprint density at radius 3 is 2.83 bits per heavy atom. The molecule has 1 atom stereocenters. The Morgan fingerprint density at radius 1 is 1.67 bits per heavy atom. The predicted octanol–water partition coefficient (Wildman–Crippen LogP) is 1.01. The van der Waals surface area contributed by atoms with Gasteiger partial charge < -0.3 is 0 Å². The van der Waals surface area contributed by atoms with E-state index in [2.05, 4.69) is 11.9 Å². The van der Waals surface area contributed by atoms with Crippen LogP contribution in [-0.2, 0) is 9.59 Å². The number of nitrogens with one attached hydrogen (secondary N) is 1. The van der Waals surface area contributed by atoms with Crippen LogP contribution >= 0.6 is 0 Å². The van der Waals surface area contributed by atoms with Crippen molar-refractivity contribution in [1.29, 1.82) is 0 Å². The summed E-state index contributed by atoms with van der Waals surface area (Å²) >= 11 is 0. The summed E-state index contributed by atoms with van der Waals surface area (Å²) in [5.74, 6) is -0.340. The zero-order valence-corrected chi connectivity index (χ0v) is 7.22. The Hall–Kier alpha value is -1.12. The lowest BCUT2D eigenvalue weighted by molar-refractivity contribution is -0.136. The standard InChI is InChI=1S/C9H13NO2/c1-6(2)5-7-3-4-8(11)10-9(7)12/h7H,1,3-5H2,2H3,(H,10,11,12). The van der Waals surface area contributed by atoms with Crippen molar-refractivity contribution in [2.45, 2.75) is 26.2 Å². The first kappa shape index (κ1) is 8.97. The van der Waals surface area contributed by atoms with E-state index in [0.29, 0.717) is 19.3 Å². The van der Waals surface area contributed by atoms with E-state index < -0.39 is 0 Å². The SMILES string of the molecule is C=C(C)CC1CCC(=O)NC1=O. The normalized spacial score (nSPS) is 23.6. The highest BCUT2D eigenvalue weighted by Crippen LogP contribution is 2.19. The van der Waals surface area contributed by atoms with Gasteiger partial charge in [0.15, 0.2) is 0 Å². The van der Waals surface area contributed by atoms with Crippen molar-refractivity contribution in [3.63, 3.8) is 0 Å². The number of carbonyl (C=O) groups excluding carboxylic acids is 2. The molecule has 1 rings (SSSR count). The fourth-order valence-corrected chi connectivity index (χ4v) is 1.35. The van der Waals surface area contributed by atoms with Gasteiger partial charge in [0, 0.05) is 12.3 Å². The molecule has 0 aliphatic carbocycles. The summed E-state index contributed by atoms with van der Waals surface area (Å²) in [4.78, 5) is 21.9. The molecule has 3 heteroatoms. The highest BCUT2D eigenvalue weighted by atomic mass is 16.2. The first-order valence-electron chi connectivity index (χ1n) is 4.07. The Bertz CT molecular complexity index is 233. The van der Waals surface area contributed by atoms with Crippen LogP contribution in [0.5, 0.6) is 0 Å². The molecule has 1 heterocycles. The van der Waals surface area contributed by atoms with Gasteiger partial charge in [-0.2, -0.15) is 0 Å². The van der Waals surface area contributed by atoms with E-state index in [1.807, 2.05) is 6.92 Å². The zero-order valence-electron chi connectivity index (χ0n) is 7.22. The molecule has 0 aromatic rings. The fraction of sp³-hybridized carbons (Fsp3) is 0.556. The minimum absolute atomic E-state index is 0.0415. The molecule has 2 amide bonds. The topological polar surface area (TPSA) is 46.2 Å². The van der Waals surface area contributed by atoms with Gasteiger partial charge in [-0.1, -0.05) is 5.57 Å². The Morgan fingerprint density at radius 2 is 2.33 bits per heavy atom. The molecule has 66 valence electrons. The molecule has 1 fully saturated rings. The van der Waals surface area contributed by atoms with Crippen LogP contribution < -0.4 is 5.32 Å². The van der Waals surface area contributed by atoms with Crippen molar-refractivity contribution >= 4 is 11.8 Å². The van der Waals surface area contributed by atoms with Gasteiger partial charge in [-0.25, -0.2) is 0 Å². The molecule has 1 aliphatic rings. The number of rotatable bonds is 2. The summed E-state index contributed by atoms with van der Waals surface area (Å²) < 4.78 is 0. The van der Waals surface area contributed by atoms with Gasteiger partial charge in [0.1, 0.15) is 0 Å². The quantitative estimate of drug-likeness (QED) is 0.492. The average Bonchev–Trinajstić information content (AvgIpc) is 1.94. The molecule has 1 aliphatic heterocycles. The lowest BCUT2D eigenvalue weighted by atomic mass is 9.92. The van der Waals surface area contributed by atoms with Crippen molar-refractivity contribution in [2.24, 2.45) is 5.92 Å². The second-order valence-corrected chi connectivity index (χ2v) is 3.31. The maximum atomic E-state index is 11.2. The maximum absolute atomic E-state index is 11.2. The molecule has 1 saturated heterocycles. The van der Waals surface area contributed by atoms with Crippen LogP contribution in [0.1, 0.15) is 26.2 Å². The van der Waals surface area contributed by atoms with Gasteiger partial charge in [-0.05, 0) is 19.8 Å². The molecule has 1 unspecified atom stereocenters. The number of carbonyl (C=O) groups is 2. The van der Waals surface area contributed by atoms with E-state index in [0.717, 1.165) is 5.57 Å². The third-order valence-corrected chi connectivity index (χ3v) is 1.95. The van der Waals surface area contributed by atoms with Crippen molar-refractivity contribution in [1.82, 2.24) is 5.32 Å². The van der Waals surface area contributed by atoms with Gasteiger partial charge in [0.2, 0.25) is 11.8 Å². The Balaban J connectivity index is 2.51. The number of imide groups is 1. The van der Waals surface area contributed by atoms with Gasteiger partial charge in [-0.3, -0.25) is 14.9 Å². The van der Waals surface area contributed by atoms with Gasteiger partial charge in [-0.15, -0.1) is 6.58 Å². The molecule has 0 spiro atoms. The molecule has 0 bridgehead atoms. The minimum Gasteiger partial charge on any atom is -0.296 e. The maximum Gasteiger partial charge on any atom is 0.229 e. The summed E-state index contributed by atoms with van der Waals surface area (Å²) in [5.41, 5.74) is 0.990. The molecule has 1 N–H and O–H groups in total. The van der Waals surface area contributed by atoms with Crippen molar-refractivity contribution in [2.75, 3.05) is 0 Å². The van der Waals surface area contributed by atoms with Crippen LogP contribution in [0, 0.1) is 5.92 Å². The molecule has 0 aromatic heterocycles. The van der Waals surface area contributed by atoms with Crippen LogP contribution in [0.4, 0.5) is 0 Å². The smallest absolute Gasteiger partial charge is 0.229 e. The zero-order chi connectivity index (χ0) is 9.14. The Kier molecular flexibility index (Phi) is 2.63. The molecule has 3 nitrogen and oxygen atoms in total. The first-order chi connectivity index (χ1) is 5.59. The summed E-state index contributed by atoms with van der Waals surface area (Å²) in [6, 6.07) is 0. The second-order valence-electron chi connectivity index (χ2n) is 3.31. The fourth-order valence-electron chi connectivity index (χ4n) is 1.35. The molecule has 0 aromatic carbocycles. The molecule has 0 radical (unpaired) electrons. The van der Waals surface area contributed by atoms with E-state index in [-0.39, 0.29) is 17.7 Å². The number of hydrogen-bond acceptors (Lipinski definition) is 2. The number of hydrogen-bond donors (Lipinski definition) is 1. The summed E-state index contributed by atoms with van der Waals surface area (Å²) in [5, 5.41) is 2.32. The number of allylic oxidation sites excluding steroid dienone is 1. The monoisotopic (exact) mass is 167 g/mol. The average molecular weight is 167 g/mol. The van der Waals surface area contributed by atoms with E-state index >= 15 is 0 Å². The van der Waals surface area contributed by atoms with Crippen LogP contribution in [0.3, 0.4) is 0 Å². The highest BCUT2D eigenvalue weighted by molar-refractivity contribution is 5.98. The van der Waals surface area contributed by atoms with E-state index in [9.17, 15) is 9.59 Å². The van der Waals surface area contributed by atoms with Crippen LogP contribution in [0.2, 0.25) is 0 Å². The summed E-state index contributed by atoms with van der Waals surface area (Å²) in [6.45, 7) is 5.63. The number of amides is 2. The Labute approximate surface area is 71.8 Å². The van der Waals surface area contributed by atoms with E-state index in [1.165, 1.54) is 0 Å². The largest absolute Gasteiger partial charge is 0.296 e. The third kappa shape index (κ3) is 2.19. The first-order valence-corrected chi connectivity index (χ1v) is 4.07. The summed E-state index contributed by atoms with van der Waals surface area (Å²) in [6.07, 6.45) is 1.82. The highest BCUT2D eigenvalue weighted by Gasteiger charge is 2.25. The van der Waals surface area contributed by atoms with E-state index in [1.54, 1.807) is 0 Å². The van der Waals surface area contributed by atoms with E-state index in [4.69, 9.17) is 0 Å². The molecular formula is C9H13NO2. The molecular weight excluding hydrogens is 154 g/mol. The van der Waals surface area contributed by atoms with Crippen molar-refractivity contribution < 1.29 is 9.59 Å². The van der Waals surface area contributed by atoms with Gasteiger partial charge in [0.25, 0.3) is 0 Å². The number of piperidine rings is 1. The lowest BCUT2D eigenvalue weighted by Gasteiger charge is -2.20. The predicted molar refractivity (Wildman–Crippen MR) is 45.3 cm³/mol. The van der Waals surface area contributed by atoms with Crippen LogP contribution in [-0.4, -0.2) is 11.8 Å². The van der Waals surface area contributed by atoms with Crippen molar-refractivity contribution in [3.05, 3.63) is 12.2 Å². The third-order valence-electron chi connectivity index (χ3n) is 1.95. The molecule has 12 heavy (non-hydrogen) atoms. The second kappa shape index (κ2) is 3.52. The van der Waals surface area contributed by atoms with Crippen molar-refractivity contribution in [3.8, 4) is 0 Å². The lowest BCUT2D eigenvalue weighted by Crippen LogP contribution is -2.40. The van der Waals surface area contributed by atoms with Gasteiger partial charge >= 0.3 is 0 Å². The van der Waals surface area contributed by atoms with Gasteiger partial charge in [0.05, 0.1) is 0 Å². The van der Waals surface area contributed by atoms with Crippen LogP contribution in [0.25, 0.3) is 0 Å².